The number of rotatable bonds is 5. The Morgan fingerprint density at radius 3 is 2.37 bits per heavy atom. The standard InChI is InChI=1S/C13H17NO2.CH2O2/c1-3-4-9-14(10-15)13(16)12-8-6-5-7-11(12)2;2-1-3/h5-8,10H,3-4,9H2,1-2H3;1H,(H,2,3). The van der Waals surface area contributed by atoms with E-state index in [1.807, 2.05) is 32.0 Å². The summed E-state index contributed by atoms with van der Waals surface area (Å²) in [5.41, 5.74) is 1.50. The smallest absolute Gasteiger partial charge is 0.290 e. The number of amides is 2. The molecule has 1 aromatic carbocycles. The van der Waals surface area contributed by atoms with Crippen LogP contribution >= 0.6 is 0 Å². The molecule has 0 aromatic heterocycles. The van der Waals surface area contributed by atoms with Gasteiger partial charge in [0.05, 0.1) is 0 Å². The van der Waals surface area contributed by atoms with Crippen LogP contribution in [0.2, 0.25) is 0 Å². The zero-order valence-corrected chi connectivity index (χ0v) is 11.2. The molecule has 1 aromatic rings. The molecule has 2 amide bonds. The van der Waals surface area contributed by atoms with Crippen LogP contribution in [0.4, 0.5) is 0 Å². The second-order valence-corrected chi connectivity index (χ2v) is 3.88. The summed E-state index contributed by atoms with van der Waals surface area (Å²) in [7, 11) is 0. The first kappa shape index (κ1) is 16.8. The fourth-order valence-corrected chi connectivity index (χ4v) is 1.50. The van der Waals surface area contributed by atoms with Crippen LogP contribution < -0.4 is 0 Å². The molecule has 1 rings (SSSR count). The third-order valence-corrected chi connectivity index (χ3v) is 2.52. The number of benzene rings is 1. The van der Waals surface area contributed by atoms with Crippen molar-refractivity contribution in [2.45, 2.75) is 26.7 Å². The van der Waals surface area contributed by atoms with Crippen LogP contribution in [0.3, 0.4) is 0 Å². The number of carbonyl (C=O) groups excluding carboxylic acids is 2. The van der Waals surface area contributed by atoms with Gasteiger partial charge in [0.1, 0.15) is 0 Å². The van der Waals surface area contributed by atoms with E-state index in [-0.39, 0.29) is 12.4 Å². The Bertz CT molecular complexity index is 418. The maximum absolute atomic E-state index is 12.0. The lowest BCUT2D eigenvalue weighted by Gasteiger charge is -2.16. The molecule has 0 unspecified atom stereocenters. The van der Waals surface area contributed by atoms with E-state index in [1.165, 1.54) is 4.90 Å². The largest absolute Gasteiger partial charge is 0.483 e. The molecule has 0 aliphatic heterocycles. The lowest BCUT2D eigenvalue weighted by Crippen LogP contribution is -2.31. The Hall–Kier alpha value is -2.17. The molecule has 0 saturated heterocycles. The molecular weight excluding hydrogens is 246 g/mol. The molecule has 0 bridgehead atoms. The van der Waals surface area contributed by atoms with E-state index in [9.17, 15) is 9.59 Å². The highest BCUT2D eigenvalue weighted by Gasteiger charge is 2.15. The zero-order chi connectivity index (χ0) is 14.7. The van der Waals surface area contributed by atoms with Gasteiger partial charge in [-0.1, -0.05) is 31.5 Å². The molecule has 0 aliphatic rings. The molecule has 104 valence electrons. The van der Waals surface area contributed by atoms with Gasteiger partial charge in [0.25, 0.3) is 12.4 Å². The minimum atomic E-state index is -0.250. The average molecular weight is 265 g/mol. The van der Waals surface area contributed by atoms with Crippen LogP contribution in [0.15, 0.2) is 24.3 Å². The van der Waals surface area contributed by atoms with E-state index in [0.717, 1.165) is 18.4 Å². The second-order valence-electron chi connectivity index (χ2n) is 3.88. The van der Waals surface area contributed by atoms with E-state index >= 15 is 0 Å². The van der Waals surface area contributed by atoms with Gasteiger partial charge < -0.3 is 5.11 Å². The van der Waals surface area contributed by atoms with Gasteiger partial charge in [0, 0.05) is 12.1 Å². The number of unbranched alkanes of at least 4 members (excludes halogenated alkanes) is 1. The Morgan fingerprint density at radius 2 is 1.89 bits per heavy atom. The number of aryl methyl sites for hydroxylation is 1. The monoisotopic (exact) mass is 265 g/mol. The lowest BCUT2D eigenvalue weighted by molar-refractivity contribution is -0.123. The molecule has 0 aliphatic carbocycles. The second kappa shape index (κ2) is 9.82. The van der Waals surface area contributed by atoms with Crippen molar-refractivity contribution < 1.29 is 19.5 Å². The number of imide groups is 1. The van der Waals surface area contributed by atoms with Gasteiger partial charge in [-0.15, -0.1) is 0 Å². The lowest BCUT2D eigenvalue weighted by atomic mass is 10.1. The van der Waals surface area contributed by atoms with E-state index in [2.05, 4.69) is 0 Å². The molecular formula is C14H19NO4. The minimum Gasteiger partial charge on any atom is -0.483 e. The highest BCUT2D eigenvalue weighted by atomic mass is 16.3. The zero-order valence-electron chi connectivity index (χ0n) is 11.2. The number of hydrogen-bond donors (Lipinski definition) is 1. The van der Waals surface area contributed by atoms with Gasteiger partial charge in [0.2, 0.25) is 6.41 Å². The van der Waals surface area contributed by atoms with Gasteiger partial charge in [-0.3, -0.25) is 19.3 Å². The Labute approximate surface area is 112 Å². The normalized spacial score (nSPS) is 8.95. The molecule has 1 N–H and O–H groups in total. The van der Waals surface area contributed by atoms with Crippen molar-refractivity contribution >= 4 is 18.8 Å². The van der Waals surface area contributed by atoms with E-state index in [0.29, 0.717) is 18.5 Å². The first-order valence-electron chi connectivity index (χ1n) is 6.02. The van der Waals surface area contributed by atoms with Crippen molar-refractivity contribution in [1.29, 1.82) is 0 Å². The Kier molecular flexibility index (Phi) is 8.70. The minimum absolute atomic E-state index is 0.207. The summed E-state index contributed by atoms with van der Waals surface area (Å²) in [5, 5.41) is 6.89. The maximum Gasteiger partial charge on any atom is 0.290 e. The van der Waals surface area contributed by atoms with Crippen LogP contribution in [0.1, 0.15) is 35.7 Å². The highest BCUT2D eigenvalue weighted by Crippen LogP contribution is 2.10. The van der Waals surface area contributed by atoms with Crippen LogP contribution in [-0.2, 0) is 9.59 Å². The summed E-state index contributed by atoms with van der Waals surface area (Å²) >= 11 is 0. The van der Waals surface area contributed by atoms with E-state index in [1.54, 1.807) is 6.07 Å². The number of carboxylic acid groups (broad SMARTS) is 1. The first-order valence-corrected chi connectivity index (χ1v) is 6.02. The predicted octanol–water partition coefficient (Wildman–Crippen LogP) is 2.09. The van der Waals surface area contributed by atoms with Gasteiger partial charge in [0.15, 0.2) is 0 Å². The third kappa shape index (κ3) is 5.81. The summed E-state index contributed by atoms with van der Waals surface area (Å²) in [5.74, 6) is -0.207. The van der Waals surface area contributed by atoms with Gasteiger partial charge in [-0.2, -0.15) is 0 Å². The fourth-order valence-electron chi connectivity index (χ4n) is 1.50. The molecule has 0 spiro atoms. The number of carbonyl (C=O) groups is 3. The highest BCUT2D eigenvalue weighted by molar-refractivity contribution is 6.00. The average Bonchev–Trinajstić information content (AvgIpc) is 2.41. The summed E-state index contributed by atoms with van der Waals surface area (Å²) in [4.78, 5) is 32.4. The van der Waals surface area contributed by atoms with Crippen molar-refractivity contribution in [2.24, 2.45) is 0 Å². The van der Waals surface area contributed by atoms with E-state index < -0.39 is 0 Å². The summed E-state index contributed by atoms with van der Waals surface area (Å²) in [6.45, 7) is 4.14. The molecule has 0 atom stereocenters. The number of hydrogen-bond acceptors (Lipinski definition) is 3. The Balaban J connectivity index is 0.000000982. The topological polar surface area (TPSA) is 74.7 Å². The quantitative estimate of drug-likeness (QED) is 0.827. The third-order valence-electron chi connectivity index (χ3n) is 2.52. The fraction of sp³-hybridized carbons (Fsp3) is 0.357. The van der Waals surface area contributed by atoms with Gasteiger partial charge in [-0.05, 0) is 25.0 Å². The van der Waals surface area contributed by atoms with E-state index in [4.69, 9.17) is 9.90 Å². The molecule has 5 nitrogen and oxygen atoms in total. The van der Waals surface area contributed by atoms with Gasteiger partial charge in [-0.25, -0.2) is 0 Å². The molecule has 0 radical (unpaired) electrons. The molecule has 5 heteroatoms. The maximum atomic E-state index is 12.0. The molecule has 0 saturated carbocycles. The first-order chi connectivity index (χ1) is 9.12. The van der Waals surface area contributed by atoms with Crippen LogP contribution in [0.25, 0.3) is 0 Å². The van der Waals surface area contributed by atoms with Crippen LogP contribution in [-0.4, -0.2) is 35.3 Å². The SMILES string of the molecule is CCCCN(C=O)C(=O)c1ccccc1C.O=CO. The summed E-state index contributed by atoms with van der Waals surface area (Å²) in [6, 6.07) is 7.31. The number of nitrogens with zero attached hydrogens (tertiary/aromatic N) is 1. The van der Waals surface area contributed by atoms with Crippen molar-refractivity contribution in [1.82, 2.24) is 4.90 Å². The summed E-state index contributed by atoms with van der Waals surface area (Å²) < 4.78 is 0. The van der Waals surface area contributed by atoms with Crippen molar-refractivity contribution in [3.63, 3.8) is 0 Å². The van der Waals surface area contributed by atoms with Crippen molar-refractivity contribution in [3.8, 4) is 0 Å². The Morgan fingerprint density at radius 1 is 1.32 bits per heavy atom. The molecule has 19 heavy (non-hydrogen) atoms. The van der Waals surface area contributed by atoms with Crippen molar-refractivity contribution in [3.05, 3.63) is 35.4 Å². The summed E-state index contributed by atoms with van der Waals surface area (Å²) in [6.07, 6.45) is 2.42. The van der Waals surface area contributed by atoms with Crippen LogP contribution in [0.5, 0.6) is 0 Å². The van der Waals surface area contributed by atoms with Gasteiger partial charge >= 0.3 is 0 Å². The molecule has 0 fully saturated rings. The molecule has 0 heterocycles. The van der Waals surface area contributed by atoms with Crippen LogP contribution in [0, 0.1) is 6.92 Å². The predicted molar refractivity (Wildman–Crippen MR) is 71.9 cm³/mol. The van der Waals surface area contributed by atoms with Crippen molar-refractivity contribution in [2.75, 3.05) is 6.54 Å².